The molecule has 1 saturated carbocycles. The highest BCUT2D eigenvalue weighted by Crippen LogP contribution is 2.34. The van der Waals surface area contributed by atoms with Gasteiger partial charge >= 0.3 is 6.03 Å². The van der Waals surface area contributed by atoms with Crippen LogP contribution in [-0.2, 0) is 24.4 Å². The fraction of sp³-hybridized carbons (Fsp3) is 0.316. The number of hydrogen-bond acceptors (Lipinski definition) is 4. The highest BCUT2D eigenvalue weighted by atomic mass is 16.2. The molecule has 7 heteroatoms. The minimum absolute atomic E-state index is 0.128. The first-order chi connectivity index (χ1) is 21.8. The zero-order valence-electron chi connectivity index (χ0n) is 26.7. The number of benzene rings is 4. The third-order valence-corrected chi connectivity index (χ3v) is 8.29. The molecule has 4 N–H and O–H groups in total. The number of nitrogens with one attached hydrogen (secondary N) is 2. The van der Waals surface area contributed by atoms with Gasteiger partial charge in [0, 0.05) is 44.8 Å². The molecule has 5 rings (SSSR count). The highest BCUT2D eigenvalue weighted by molar-refractivity contribution is 6.02. The maximum Gasteiger partial charge on any atom is 0.323 e. The Hall–Kier alpha value is -4.62. The lowest BCUT2D eigenvalue weighted by Crippen LogP contribution is -2.31. The van der Waals surface area contributed by atoms with Crippen molar-refractivity contribution in [2.24, 2.45) is 11.7 Å². The minimum atomic E-state index is -0.289. The first-order valence-corrected chi connectivity index (χ1v) is 16.0. The summed E-state index contributed by atoms with van der Waals surface area (Å²) in [7, 11) is 2.06. The molecule has 0 aromatic heterocycles. The van der Waals surface area contributed by atoms with Crippen LogP contribution in [0.2, 0.25) is 0 Å². The van der Waals surface area contributed by atoms with Crippen molar-refractivity contribution in [2.45, 2.75) is 59.2 Å². The van der Waals surface area contributed by atoms with Crippen LogP contribution in [0, 0.1) is 12.8 Å². The summed E-state index contributed by atoms with van der Waals surface area (Å²) in [6.45, 7) is 6.64. The van der Waals surface area contributed by atoms with Gasteiger partial charge in [0.2, 0.25) is 5.91 Å². The van der Waals surface area contributed by atoms with Crippen LogP contribution in [0.5, 0.6) is 0 Å². The van der Waals surface area contributed by atoms with E-state index in [2.05, 4.69) is 72.0 Å². The summed E-state index contributed by atoms with van der Waals surface area (Å²) in [6, 6.07) is 30.2. The average molecular weight is 604 g/mol. The molecule has 0 saturated heterocycles. The van der Waals surface area contributed by atoms with Gasteiger partial charge in [0.15, 0.2) is 0 Å². The molecule has 1 aliphatic rings. The summed E-state index contributed by atoms with van der Waals surface area (Å²) in [5.74, 6) is 0.340. The van der Waals surface area contributed by atoms with Crippen LogP contribution >= 0.6 is 0 Å². The summed E-state index contributed by atoms with van der Waals surface area (Å²) in [5, 5.41) is 6.06. The zero-order valence-corrected chi connectivity index (χ0v) is 26.7. The lowest BCUT2D eigenvalue weighted by Gasteiger charge is -2.24. The second-order valence-electron chi connectivity index (χ2n) is 12.1. The minimum Gasteiger partial charge on any atom is -0.373 e. The molecular weight excluding hydrogens is 558 g/mol. The molecule has 4 aromatic carbocycles. The Labute approximate surface area is 267 Å². The van der Waals surface area contributed by atoms with Gasteiger partial charge in [-0.05, 0) is 84.3 Å². The molecule has 0 radical (unpaired) electrons. The molecule has 1 fully saturated rings. The van der Waals surface area contributed by atoms with Crippen molar-refractivity contribution in [2.75, 3.05) is 29.1 Å². The molecule has 0 spiro atoms. The Balaban J connectivity index is 1.39. The van der Waals surface area contributed by atoms with Crippen molar-refractivity contribution in [3.63, 3.8) is 0 Å². The van der Waals surface area contributed by atoms with Crippen LogP contribution in [0.3, 0.4) is 0 Å². The zero-order chi connectivity index (χ0) is 31.8. The number of aryl methyl sites for hydroxylation is 1. The summed E-state index contributed by atoms with van der Waals surface area (Å²) >= 11 is 0. The summed E-state index contributed by atoms with van der Waals surface area (Å²) < 4.78 is 0. The number of nitrogens with two attached hydrogens (primary N) is 1. The normalized spacial score (nSPS) is 12.4. The number of nitrogens with zero attached hydrogens (tertiary/aromatic N) is 2. The second-order valence-corrected chi connectivity index (χ2v) is 12.1. The van der Waals surface area contributed by atoms with Gasteiger partial charge in [-0.3, -0.25) is 4.79 Å². The van der Waals surface area contributed by atoms with E-state index < -0.39 is 0 Å². The molecule has 0 heterocycles. The van der Waals surface area contributed by atoms with E-state index in [0.717, 1.165) is 82.7 Å². The summed E-state index contributed by atoms with van der Waals surface area (Å²) in [5.41, 5.74) is 14.7. The Morgan fingerprint density at radius 2 is 1.49 bits per heavy atom. The van der Waals surface area contributed by atoms with Crippen LogP contribution in [-0.4, -0.2) is 30.4 Å². The van der Waals surface area contributed by atoms with E-state index in [1.807, 2.05) is 60.4 Å². The lowest BCUT2D eigenvalue weighted by atomic mass is 10.0. The number of rotatable bonds is 13. The van der Waals surface area contributed by atoms with Crippen LogP contribution in [0.4, 0.5) is 21.9 Å². The Morgan fingerprint density at radius 3 is 2.18 bits per heavy atom. The molecule has 7 nitrogen and oxygen atoms in total. The third kappa shape index (κ3) is 8.73. The fourth-order valence-electron chi connectivity index (χ4n) is 5.53. The monoisotopic (exact) mass is 603 g/mol. The van der Waals surface area contributed by atoms with Gasteiger partial charge in [0.25, 0.3) is 0 Å². The largest absolute Gasteiger partial charge is 0.373 e. The van der Waals surface area contributed by atoms with Crippen LogP contribution in [0.25, 0.3) is 11.1 Å². The van der Waals surface area contributed by atoms with Gasteiger partial charge in [0.1, 0.15) is 0 Å². The lowest BCUT2D eigenvalue weighted by molar-refractivity contribution is -0.133. The third-order valence-electron chi connectivity index (χ3n) is 8.29. The number of anilines is 3. The molecule has 234 valence electrons. The van der Waals surface area contributed by atoms with Crippen molar-refractivity contribution in [1.29, 1.82) is 0 Å². The van der Waals surface area contributed by atoms with Gasteiger partial charge in [-0.2, -0.15) is 0 Å². The molecule has 0 bridgehead atoms. The van der Waals surface area contributed by atoms with Gasteiger partial charge in [-0.25, -0.2) is 4.79 Å². The summed E-state index contributed by atoms with van der Waals surface area (Å²) in [4.78, 5) is 30.6. The summed E-state index contributed by atoms with van der Waals surface area (Å²) in [6.07, 6.45) is 4.07. The predicted octanol–water partition coefficient (Wildman–Crippen LogP) is 7.94. The van der Waals surface area contributed by atoms with E-state index in [9.17, 15) is 9.59 Å². The maximum atomic E-state index is 13.3. The van der Waals surface area contributed by atoms with Crippen molar-refractivity contribution in [1.82, 2.24) is 4.90 Å². The first kappa shape index (κ1) is 31.8. The van der Waals surface area contributed by atoms with Crippen molar-refractivity contribution >= 4 is 29.0 Å². The maximum absolute atomic E-state index is 13.3. The van der Waals surface area contributed by atoms with E-state index in [1.54, 1.807) is 0 Å². The van der Waals surface area contributed by atoms with Gasteiger partial charge < -0.3 is 26.2 Å². The first-order valence-electron chi connectivity index (χ1n) is 16.0. The van der Waals surface area contributed by atoms with E-state index in [4.69, 9.17) is 5.73 Å². The average Bonchev–Trinajstić information content (AvgIpc) is 3.90. The molecule has 1 aliphatic carbocycles. The topological polar surface area (TPSA) is 90.7 Å². The Bertz CT molecular complexity index is 1610. The molecule has 4 aromatic rings. The van der Waals surface area contributed by atoms with Crippen molar-refractivity contribution < 1.29 is 9.59 Å². The SMILES string of the molecule is CCCCN(C)c1ccc(-c2cccc(CN(Cc3cccc(CN)c3)C(=O)C3CC3)c2)cc1NC(=O)Nc1ccc(C)cc1. The van der Waals surface area contributed by atoms with Crippen LogP contribution in [0.1, 0.15) is 54.9 Å². The second kappa shape index (κ2) is 14.9. The molecule has 0 aliphatic heterocycles. The number of carbonyl (C=O) groups is 2. The molecule has 0 unspecified atom stereocenters. The number of amides is 3. The Morgan fingerprint density at radius 1 is 0.822 bits per heavy atom. The molecule has 45 heavy (non-hydrogen) atoms. The smallest absolute Gasteiger partial charge is 0.323 e. The van der Waals surface area contributed by atoms with E-state index in [-0.39, 0.29) is 17.9 Å². The van der Waals surface area contributed by atoms with E-state index >= 15 is 0 Å². The van der Waals surface area contributed by atoms with E-state index in [0.29, 0.717) is 19.6 Å². The number of hydrogen-bond donors (Lipinski definition) is 3. The molecular formula is C38H45N5O2. The van der Waals surface area contributed by atoms with Gasteiger partial charge in [-0.1, -0.05) is 79.6 Å². The molecule has 3 amide bonds. The van der Waals surface area contributed by atoms with Crippen LogP contribution < -0.4 is 21.3 Å². The van der Waals surface area contributed by atoms with Crippen LogP contribution in [0.15, 0.2) is 91.0 Å². The number of urea groups is 1. The highest BCUT2D eigenvalue weighted by Gasteiger charge is 2.33. The van der Waals surface area contributed by atoms with Gasteiger partial charge in [0.05, 0.1) is 11.4 Å². The molecule has 0 atom stereocenters. The van der Waals surface area contributed by atoms with Crippen molar-refractivity contribution in [3.8, 4) is 11.1 Å². The number of carbonyl (C=O) groups excluding carboxylic acids is 2. The van der Waals surface area contributed by atoms with E-state index in [1.165, 1.54) is 0 Å². The number of unbranched alkanes of at least 4 members (excludes halogenated alkanes) is 1. The van der Waals surface area contributed by atoms with Crippen molar-refractivity contribution in [3.05, 3.63) is 113 Å². The fourth-order valence-corrected chi connectivity index (χ4v) is 5.53. The van der Waals surface area contributed by atoms with Gasteiger partial charge in [-0.15, -0.1) is 0 Å². The Kier molecular flexibility index (Phi) is 10.5. The predicted molar refractivity (Wildman–Crippen MR) is 185 cm³/mol. The quantitative estimate of drug-likeness (QED) is 0.145. The standard InChI is InChI=1S/C38H45N5O2/c1-4-5-20-42(3)36-19-16-33(23-35(36)41-38(45)40-34-17-12-27(2)13-18-34)32-11-7-10-30(22-32)26-43(37(44)31-14-15-31)25-29-9-6-8-28(21-29)24-39/h6-13,16-19,21-23,31H,4-5,14-15,20,24-26,39H2,1-3H3,(H2,40,41,45).